The number of oxime groups is 1. The van der Waals surface area contributed by atoms with Crippen molar-refractivity contribution < 1.29 is 14.7 Å². The van der Waals surface area contributed by atoms with Crippen molar-refractivity contribution in [3.05, 3.63) is 29.9 Å². The summed E-state index contributed by atoms with van der Waals surface area (Å²) in [5, 5.41) is 18.3. The summed E-state index contributed by atoms with van der Waals surface area (Å²) in [5.74, 6) is 4.36. The second-order valence-corrected chi connectivity index (χ2v) is 11.5. The van der Waals surface area contributed by atoms with Crippen LogP contribution in [0.1, 0.15) is 70.9 Å². The number of rotatable bonds is 6. The number of amides is 1. The minimum atomic E-state index is -0.950. The minimum Gasteiger partial charge on any atom is -0.385 e. The molecule has 0 radical (unpaired) electrons. The Morgan fingerprint density at radius 3 is 2.89 bits per heavy atom. The van der Waals surface area contributed by atoms with Gasteiger partial charge in [0.05, 0.1) is 12.0 Å². The maximum atomic E-state index is 12.1. The van der Waals surface area contributed by atoms with Gasteiger partial charge in [-0.2, -0.15) is 0 Å². The van der Waals surface area contributed by atoms with Crippen molar-refractivity contribution in [1.82, 2.24) is 15.3 Å². The first-order valence-corrected chi connectivity index (χ1v) is 13.1. The summed E-state index contributed by atoms with van der Waals surface area (Å²) < 4.78 is 0. The lowest BCUT2D eigenvalue weighted by Crippen LogP contribution is -2.54. The third kappa shape index (κ3) is 4.10. The Balaban J connectivity index is 1.19. The van der Waals surface area contributed by atoms with E-state index in [-0.39, 0.29) is 23.3 Å². The first-order valence-electron chi connectivity index (χ1n) is 13.1. The molecule has 0 aromatic carbocycles. The average molecular weight is 479 g/mol. The minimum absolute atomic E-state index is 0.0734. The van der Waals surface area contributed by atoms with Crippen LogP contribution in [0.25, 0.3) is 0 Å². The number of aromatic amines is 1. The van der Waals surface area contributed by atoms with Crippen molar-refractivity contribution in [2.45, 2.75) is 77.2 Å². The number of nitrogens with one attached hydrogen (secondary N) is 2. The molecule has 3 N–H and O–H groups in total. The molecule has 7 nitrogen and oxygen atoms in total. The predicted octanol–water partition coefficient (Wildman–Crippen LogP) is 3.77. The highest BCUT2D eigenvalue weighted by atomic mass is 16.6. The number of imidazole rings is 1. The molecule has 35 heavy (non-hydrogen) atoms. The highest BCUT2D eigenvalue weighted by molar-refractivity contribution is 5.96. The lowest BCUT2D eigenvalue weighted by molar-refractivity contribution is -0.125. The van der Waals surface area contributed by atoms with Crippen LogP contribution in [-0.2, 0) is 16.1 Å². The van der Waals surface area contributed by atoms with Crippen molar-refractivity contribution in [1.29, 1.82) is 0 Å². The molecular weight excluding hydrogens is 440 g/mol. The molecule has 5 rings (SSSR count). The third-order valence-corrected chi connectivity index (χ3v) is 10.0. The van der Waals surface area contributed by atoms with E-state index < -0.39 is 5.60 Å². The van der Waals surface area contributed by atoms with Gasteiger partial charge in [-0.05, 0) is 80.6 Å². The van der Waals surface area contributed by atoms with Crippen molar-refractivity contribution in [3.63, 3.8) is 0 Å². The van der Waals surface area contributed by atoms with E-state index in [0.717, 1.165) is 62.8 Å². The number of carbonyl (C=O) groups excluding carboxylic acids is 1. The molecule has 7 heteroatoms. The normalized spacial score (nSPS) is 39.1. The lowest BCUT2D eigenvalue weighted by Gasteiger charge is -2.58. The second kappa shape index (κ2) is 9.13. The summed E-state index contributed by atoms with van der Waals surface area (Å²) in [4.78, 5) is 24.5. The number of hydrogen-bond donors (Lipinski definition) is 3. The molecule has 3 unspecified atom stereocenters. The number of carbonyl (C=O) groups is 1. The maximum Gasteiger partial charge on any atom is 0.260 e. The maximum absolute atomic E-state index is 12.1. The van der Waals surface area contributed by atoms with E-state index in [1.54, 1.807) is 12.5 Å². The largest absolute Gasteiger partial charge is 0.385 e. The molecule has 4 aliphatic rings. The summed E-state index contributed by atoms with van der Waals surface area (Å²) in [6.07, 6.45) is 20.2. The smallest absolute Gasteiger partial charge is 0.260 e. The molecule has 1 aromatic heterocycles. The molecule has 0 bridgehead atoms. The van der Waals surface area contributed by atoms with Crippen LogP contribution in [0.5, 0.6) is 0 Å². The fraction of sp³-hybridized carbons (Fsp3) is 0.679. The van der Waals surface area contributed by atoms with Crippen LogP contribution in [0, 0.1) is 40.9 Å². The van der Waals surface area contributed by atoms with Gasteiger partial charge in [-0.15, -0.1) is 6.42 Å². The third-order valence-electron chi connectivity index (χ3n) is 10.0. The van der Waals surface area contributed by atoms with Gasteiger partial charge in [-0.3, -0.25) is 4.79 Å². The first-order chi connectivity index (χ1) is 16.8. The van der Waals surface area contributed by atoms with Crippen LogP contribution >= 0.6 is 0 Å². The number of terminal acetylenes is 1. The van der Waals surface area contributed by atoms with E-state index in [2.05, 4.69) is 46.3 Å². The van der Waals surface area contributed by atoms with E-state index in [1.165, 1.54) is 5.57 Å². The van der Waals surface area contributed by atoms with Gasteiger partial charge < -0.3 is 20.2 Å². The van der Waals surface area contributed by atoms with Gasteiger partial charge in [-0.1, -0.05) is 30.5 Å². The van der Waals surface area contributed by atoms with Crippen LogP contribution in [0.4, 0.5) is 0 Å². The number of H-pyrrole nitrogens is 1. The Labute approximate surface area is 208 Å². The highest BCUT2D eigenvalue weighted by Gasteiger charge is 2.63. The Bertz CT molecular complexity index is 1060. The van der Waals surface area contributed by atoms with Crippen molar-refractivity contribution in [3.8, 4) is 12.3 Å². The molecule has 1 amide bonds. The molecule has 0 saturated heterocycles. The summed E-state index contributed by atoms with van der Waals surface area (Å²) in [5.41, 5.74) is 2.46. The Morgan fingerprint density at radius 1 is 1.29 bits per heavy atom. The number of aliphatic hydroxyl groups is 1. The molecular formula is C28H38N4O3. The van der Waals surface area contributed by atoms with E-state index in [4.69, 9.17) is 11.3 Å². The zero-order valence-corrected chi connectivity index (χ0v) is 21.0. The van der Waals surface area contributed by atoms with Gasteiger partial charge >= 0.3 is 0 Å². The summed E-state index contributed by atoms with van der Waals surface area (Å²) in [6.45, 7) is 5.14. The van der Waals surface area contributed by atoms with Crippen LogP contribution in [0.15, 0.2) is 29.3 Å². The summed E-state index contributed by atoms with van der Waals surface area (Å²) in [6, 6.07) is 0. The van der Waals surface area contributed by atoms with Crippen LogP contribution in [-0.4, -0.2) is 45.4 Å². The quantitative estimate of drug-likeness (QED) is 0.428. The number of hydrogen-bond acceptors (Lipinski definition) is 5. The van der Waals surface area contributed by atoms with Gasteiger partial charge in [0.25, 0.3) is 5.91 Å². The molecule has 4 aliphatic carbocycles. The molecule has 1 heterocycles. The second-order valence-electron chi connectivity index (χ2n) is 11.5. The Hall–Kier alpha value is -2.59. The Morgan fingerprint density at radius 2 is 2.11 bits per heavy atom. The van der Waals surface area contributed by atoms with Crippen LogP contribution in [0.2, 0.25) is 0 Å². The Kier molecular flexibility index (Phi) is 6.29. The zero-order chi connectivity index (χ0) is 24.7. The topological polar surface area (TPSA) is 99.6 Å². The van der Waals surface area contributed by atoms with Crippen LogP contribution in [0.3, 0.4) is 0 Å². The fourth-order valence-corrected chi connectivity index (χ4v) is 7.88. The fourth-order valence-electron chi connectivity index (χ4n) is 7.88. The van der Waals surface area contributed by atoms with E-state index in [1.807, 2.05) is 0 Å². The molecule has 188 valence electrons. The monoisotopic (exact) mass is 478 g/mol. The molecule has 6 atom stereocenters. The highest BCUT2D eigenvalue weighted by Crippen LogP contribution is 2.67. The molecule has 3 saturated carbocycles. The van der Waals surface area contributed by atoms with Gasteiger partial charge in [-0.25, -0.2) is 4.98 Å². The first kappa shape index (κ1) is 24.1. The molecule has 3 fully saturated rings. The summed E-state index contributed by atoms with van der Waals surface area (Å²) in [7, 11) is 0. The summed E-state index contributed by atoms with van der Waals surface area (Å²) >= 11 is 0. The molecule has 0 aliphatic heterocycles. The van der Waals surface area contributed by atoms with E-state index in [9.17, 15) is 9.90 Å². The zero-order valence-electron chi connectivity index (χ0n) is 21.0. The number of aromatic nitrogens is 2. The van der Waals surface area contributed by atoms with E-state index in [0.29, 0.717) is 30.7 Å². The van der Waals surface area contributed by atoms with Crippen molar-refractivity contribution >= 4 is 11.6 Å². The van der Waals surface area contributed by atoms with Gasteiger partial charge in [0, 0.05) is 30.3 Å². The van der Waals surface area contributed by atoms with Gasteiger partial charge in [0.1, 0.15) is 5.60 Å². The molecule has 0 spiro atoms. The molecule has 1 aromatic rings. The lowest BCUT2D eigenvalue weighted by atomic mass is 9.46. The number of nitrogens with zero attached hydrogens (tertiary/aromatic N) is 2. The average Bonchev–Trinajstić information content (AvgIpc) is 3.45. The number of allylic oxidation sites excluding steroid dienone is 2. The van der Waals surface area contributed by atoms with Crippen molar-refractivity contribution in [2.75, 3.05) is 13.2 Å². The van der Waals surface area contributed by atoms with Gasteiger partial charge in [0.2, 0.25) is 0 Å². The standard InChI is InChI=1S/C28H38N4O3/c1-4-28(34)13-9-24-22-6-5-19-15-20(7-11-26(19,2)23(22)8-12-27(24,28)3)32-35-17-25(33)30-14-10-21-16-29-18-31-21/h1,15-16,18,22-24,34H,5-14,17H2,2-3H3,(H,29,31)(H,30,33)/b32-20-/t22?,23?,24?,26-,27-,28+/m0/s1. The van der Waals surface area contributed by atoms with E-state index >= 15 is 0 Å². The van der Waals surface area contributed by atoms with Crippen molar-refractivity contribution in [2.24, 2.45) is 33.7 Å². The van der Waals surface area contributed by atoms with Crippen LogP contribution < -0.4 is 5.32 Å². The van der Waals surface area contributed by atoms with Gasteiger partial charge in [0.15, 0.2) is 6.61 Å². The number of fused-ring (bicyclic) bond motifs is 5. The predicted molar refractivity (Wildman–Crippen MR) is 134 cm³/mol. The SMILES string of the molecule is C#C[C@@]1(O)CCC2C3CCC4=C/C(=N\OCC(=O)NCCc5cnc[nH]5)CC[C@]4(C)C3CC[C@@]21C.